The highest BCUT2D eigenvalue weighted by Gasteiger charge is 1.96. The third kappa shape index (κ3) is 3.02. The standard InChI is InChI=1S/C13H15N/c1-4-6-12(5-2)10-13-9-11(3)7-8-14-13/h4-9H,1-2,10H2,3H3/b12-6+. The van der Waals surface area contributed by atoms with Crippen molar-refractivity contribution in [2.24, 2.45) is 0 Å². The highest BCUT2D eigenvalue weighted by molar-refractivity contribution is 5.27. The SMILES string of the molecule is C=C/C=C(\C=C)Cc1cc(C)ccn1. The maximum absolute atomic E-state index is 4.29. The van der Waals surface area contributed by atoms with Crippen LogP contribution in [0.2, 0.25) is 0 Å². The molecule has 0 aliphatic rings. The van der Waals surface area contributed by atoms with Crippen molar-refractivity contribution < 1.29 is 0 Å². The molecule has 1 aromatic heterocycles. The summed E-state index contributed by atoms with van der Waals surface area (Å²) in [5.41, 5.74) is 3.44. The van der Waals surface area contributed by atoms with E-state index in [2.05, 4.69) is 31.1 Å². The molecule has 0 aromatic carbocycles. The molecule has 0 aliphatic carbocycles. The fourth-order valence-electron chi connectivity index (χ4n) is 1.26. The number of hydrogen-bond donors (Lipinski definition) is 0. The Morgan fingerprint density at radius 2 is 2.29 bits per heavy atom. The summed E-state index contributed by atoms with van der Waals surface area (Å²) in [6.07, 6.45) is 8.21. The van der Waals surface area contributed by atoms with Crippen LogP contribution in [0.4, 0.5) is 0 Å². The Kier molecular flexibility index (Phi) is 3.86. The van der Waals surface area contributed by atoms with E-state index in [-0.39, 0.29) is 0 Å². The Hall–Kier alpha value is -1.63. The van der Waals surface area contributed by atoms with Gasteiger partial charge in [0, 0.05) is 18.3 Å². The van der Waals surface area contributed by atoms with Gasteiger partial charge in [-0.2, -0.15) is 0 Å². The van der Waals surface area contributed by atoms with E-state index in [1.54, 1.807) is 6.08 Å². The summed E-state index contributed by atoms with van der Waals surface area (Å²) in [5.74, 6) is 0. The van der Waals surface area contributed by atoms with Crippen LogP contribution in [-0.2, 0) is 6.42 Å². The van der Waals surface area contributed by atoms with Crippen molar-refractivity contribution in [1.82, 2.24) is 4.98 Å². The third-order valence-electron chi connectivity index (χ3n) is 1.95. The summed E-state index contributed by atoms with van der Waals surface area (Å²) in [4.78, 5) is 4.29. The number of allylic oxidation sites excluding steroid dienone is 4. The van der Waals surface area contributed by atoms with Gasteiger partial charge < -0.3 is 0 Å². The number of nitrogens with zero attached hydrogens (tertiary/aromatic N) is 1. The van der Waals surface area contributed by atoms with Crippen LogP contribution in [0.1, 0.15) is 11.3 Å². The van der Waals surface area contributed by atoms with Crippen molar-refractivity contribution in [2.45, 2.75) is 13.3 Å². The molecule has 1 heterocycles. The number of rotatable bonds is 4. The van der Waals surface area contributed by atoms with Gasteiger partial charge in [-0.05, 0) is 30.2 Å². The number of hydrogen-bond acceptors (Lipinski definition) is 1. The quantitative estimate of drug-likeness (QED) is 0.656. The Bertz CT molecular complexity index is 361. The van der Waals surface area contributed by atoms with Gasteiger partial charge in [-0.3, -0.25) is 4.98 Å². The minimum atomic E-state index is 0.817. The predicted octanol–water partition coefficient (Wildman–Crippen LogP) is 3.23. The minimum Gasteiger partial charge on any atom is -0.261 e. The molecule has 0 atom stereocenters. The average Bonchev–Trinajstić information content (AvgIpc) is 2.17. The molecule has 1 rings (SSSR count). The molecule has 0 saturated carbocycles. The summed E-state index contributed by atoms with van der Waals surface area (Å²) in [5, 5.41) is 0. The van der Waals surface area contributed by atoms with Gasteiger partial charge in [0.05, 0.1) is 0 Å². The summed E-state index contributed by atoms with van der Waals surface area (Å²) >= 11 is 0. The van der Waals surface area contributed by atoms with E-state index in [4.69, 9.17) is 0 Å². The molecule has 0 unspecified atom stereocenters. The normalized spacial score (nSPS) is 11.1. The molecular weight excluding hydrogens is 170 g/mol. The van der Waals surface area contributed by atoms with Gasteiger partial charge >= 0.3 is 0 Å². The summed E-state index contributed by atoms with van der Waals surface area (Å²) < 4.78 is 0. The smallest absolute Gasteiger partial charge is 0.0450 e. The predicted molar refractivity (Wildman–Crippen MR) is 61.2 cm³/mol. The van der Waals surface area contributed by atoms with Gasteiger partial charge in [0.2, 0.25) is 0 Å². The zero-order valence-electron chi connectivity index (χ0n) is 8.53. The van der Waals surface area contributed by atoms with Crippen LogP contribution in [0.3, 0.4) is 0 Å². The fourth-order valence-corrected chi connectivity index (χ4v) is 1.26. The zero-order valence-corrected chi connectivity index (χ0v) is 8.53. The molecule has 1 heteroatoms. The second-order valence-corrected chi connectivity index (χ2v) is 3.18. The second-order valence-electron chi connectivity index (χ2n) is 3.18. The molecular formula is C13H15N. The first-order valence-electron chi connectivity index (χ1n) is 4.62. The van der Waals surface area contributed by atoms with Gasteiger partial charge in [-0.1, -0.05) is 31.4 Å². The van der Waals surface area contributed by atoms with Crippen molar-refractivity contribution in [3.05, 3.63) is 66.5 Å². The monoisotopic (exact) mass is 185 g/mol. The molecule has 0 amide bonds. The topological polar surface area (TPSA) is 12.9 Å². The van der Waals surface area contributed by atoms with Crippen LogP contribution in [0, 0.1) is 6.92 Å². The van der Waals surface area contributed by atoms with Crippen LogP contribution < -0.4 is 0 Å². The van der Waals surface area contributed by atoms with Crippen molar-refractivity contribution in [3.63, 3.8) is 0 Å². The van der Waals surface area contributed by atoms with Crippen molar-refractivity contribution in [1.29, 1.82) is 0 Å². The fraction of sp³-hybridized carbons (Fsp3) is 0.154. The molecule has 1 aromatic rings. The highest BCUT2D eigenvalue weighted by atomic mass is 14.7. The number of aromatic nitrogens is 1. The zero-order chi connectivity index (χ0) is 10.4. The van der Waals surface area contributed by atoms with Crippen LogP contribution in [0.15, 0.2) is 55.3 Å². The molecule has 14 heavy (non-hydrogen) atoms. The molecule has 72 valence electrons. The first-order valence-corrected chi connectivity index (χ1v) is 4.62. The lowest BCUT2D eigenvalue weighted by Crippen LogP contribution is -1.92. The van der Waals surface area contributed by atoms with Gasteiger partial charge in [-0.25, -0.2) is 0 Å². The number of aryl methyl sites for hydroxylation is 1. The van der Waals surface area contributed by atoms with Crippen molar-refractivity contribution >= 4 is 0 Å². The highest BCUT2D eigenvalue weighted by Crippen LogP contribution is 2.08. The molecule has 1 nitrogen and oxygen atoms in total. The lowest BCUT2D eigenvalue weighted by molar-refractivity contribution is 1.06. The van der Waals surface area contributed by atoms with E-state index < -0.39 is 0 Å². The summed E-state index contributed by atoms with van der Waals surface area (Å²) in [7, 11) is 0. The molecule has 0 aliphatic heterocycles. The van der Waals surface area contributed by atoms with Crippen molar-refractivity contribution in [2.75, 3.05) is 0 Å². The second kappa shape index (κ2) is 5.18. The molecule has 0 fully saturated rings. The van der Waals surface area contributed by atoms with Crippen LogP contribution >= 0.6 is 0 Å². The Morgan fingerprint density at radius 3 is 2.86 bits per heavy atom. The van der Waals surface area contributed by atoms with Gasteiger partial charge in [0.15, 0.2) is 0 Å². The van der Waals surface area contributed by atoms with Crippen LogP contribution in [-0.4, -0.2) is 4.98 Å². The lowest BCUT2D eigenvalue weighted by Gasteiger charge is -2.01. The van der Waals surface area contributed by atoms with E-state index >= 15 is 0 Å². The first-order chi connectivity index (χ1) is 6.76. The third-order valence-corrected chi connectivity index (χ3v) is 1.95. The maximum atomic E-state index is 4.29. The molecule has 0 N–H and O–H groups in total. The summed E-state index contributed by atoms with van der Waals surface area (Å²) in [6.45, 7) is 9.48. The lowest BCUT2D eigenvalue weighted by atomic mass is 10.1. The summed E-state index contributed by atoms with van der Waals surface area (Å²) in [6, 6.07) is 4.08. The molecule has 0 radical (unpaired) electrons. The van der Waals surface area contributed by atoms with Gasteiger partial charge in [0.1, 0.15) is 0 Å². The van der Waals surface area contributed by atoms with E-state index in [0.717, 1.165) is 17.7 Å². The maximum Gasteiger partial charge on any atom is 0.0450 e. The Labute approximate surface area is 85.5 Å². The van der Waals surface area contributed by atoms with Crippen LogP contribution in [0.5, 0.6) is 0 Å². The van der Waals surface area contributed by atoms with Gasteiger partial charge in [-0.15, -0.1) is 0 Å². The van der Waals surface area contributed by atoms with E-state index in [1.165, 1.54) is 5.56 Å². The molecule has 0 spiro atoms. The van der Waals surface area contributed by atoms with Crippen LogP contribution in [0.25, 0.3) is 0 Å². The largest absolute Gasteiger partial charge is 0.261 e. The first kappa shape index (κ1) is 10.5. The average molecular weight is 185 g/mol. The molecule has 0 saturated heterocycles. The Balaban J connectivity index is 2.82. The Morgan fingerprint density at radius 1 is 1.50 bits per heavy atom. The van der Waals surface area contributed by atoms with Crippen molar-refractivity contribution in [3.8, 4) is 0 Å². The minimum absolute atomic E-state index is 0.817. The van der Waals surface area contributed by atoms with E-state index in [0.29, 0.717) is 0 Å². The van der Waals surface area contributed by atoms with E-state index in [9.17, 15) is 0 Å². The van der Waals surface area contributed by atoms with Gasteiger partial charge in [0.25, 0.3) is 0 Å². The van der Waals surface area contributed by atoms with E-state index in [1.807, 2.05) is 24.4 Å². The molecule has 0 bridgehead atoms. The number of pyridine rings is 1.